The summed E-state index contributed by atoms with van der Waals surface area (Å²) in [7, 11) is 0.271. The van der Waals surface area contributed by atoms with E-state index in [1.807, 2.05) is 25.9 Å². The van der Waals surface area contributed by atoms with Gasteiger partial charge < -0.3 is 9.87 Å². The summed E-state index contributed by atoms with van der Waals surface area (Å²) < 4.78 is 31.0. The first-order chi connectivity index (χ1) is 8.05. The Morgan fingerprint density at radius 1 is 1.50 bits per heavy atom. The van der Waals surface area contributed by atoms with E-state index in [1.165, 1.54) is 0 Å². The van der Waals surface area contributed by atoms with Crippen molar-refractivity contribution in [2.75, 3.05) is 21.2 Å². The van der Waals surface area contributed by atoms with Gasteiger partial charge in [0.15, 0.2) is 0 Å². The summed E-state index contributed by atoms with van der Waals surface area (Å²) in [6.45, 7) is 7.31. The molecular formula is C10H21N2O5S-. The van der Waals surface area contributed by atoms with Crippen LogP contribution >= 0.6 is 0 Å². The molecule has 0 spiro atoms. The van der Waals surface area contributed by atoms with E-state index in [0.717, 1.165) is 13.5 Å². The summed E-state index contributed by atoms with van der Waals surface area (Å²) >= 11 is 0. The topological polar surface area (TPSA) is 98.8 Å². The van der Waals surface area contributed by atoms with Crippen LogP contribution in [0.1, 0.15) is 20.3 Å². The zero-order valence-electron chi connectivity index (χ0n) is 11.4. The molecule has 1 amide bonds. The Kier molecular flexibility index (Phi) is 9.73. The van der Waals surface area contributed by atoms with E-state index in [2.05, 4.69) is 16.1 Å². The van der Waals surface area contributed by atoms with Crippen molar-refractivity contribution in [3.05, 3.63) is 12.2 Å². The molecule has 7 nitrogen and oxygen atoms in total. The molecule has 0 fully saturated rings. The van der Waals surface area contributed by atoms with Crippen LogP contribution in [0, 0.1) is 0 Å². The Bertz CT molecular complexity index is 364. The van der Waals surface area contributed by atoms with Crippen molar-refractivity contribution in [1.82, 2.24) is 10.2 Å². The van der Waals surface area contributed by atoms with Crippen LogP contribution < -0.4 is 5.32 Å². The largest absolute Gasteiger partial charge is 0.726 e. The van der Waals surface area contributed by atoms with E-state index in [4.69, 9.17) is 0 Å². The number of hydrogen-bond donors (Lipinski definition) is 1. The molecule has 18 heavy (non-hydrogen) atoms. The lowest BCUT2D eigenvalue weighted by Crippen LogP contribution is -2.44. The highest BCUT2D eigenvalue weighted by Gasteiger charge is 2.11. The van der Waals surface area contributed by atoms with Crippen molar-refractivity contribution < 1.29 is 21.9 Å². The SMILES string of the molecule is C=C(C)C(=O)NC(CC)N(C)C.COS(=O)(=O)[O-]. The molecule has 0 radical (unpaired) electrons. The monoisotopic (exact) mass is 281 g/mol. The van der Waals surface area contributed by atoms with Crippen molar-refractivity contribution in [2.45, 2.75) is 26.4 Å². The van der Waals surface area contributed by atoms with Crippen molar-refractivity contribution in [2.24, 2.45) is 0 Å². The fourth-order valence-corrected chi connectivity index (χ4v) is 0.871. The van der Waals surface area contributed by atoms with Crippen molar-refractivity contribution in [3.8, 4) is 0 Å². The fraction of sp³-hybridized carbons (Fsp3) is 0.700. The minimum Gasteiger partial charge on any atom is -0.726 e. The van der Waals surface area contributed by atoms with Gasteiger partial charge in [0.25, 0.3) is 0 Å². The smallest absolute Gasteiger partial charge is 0.247 e. The second-order valence-electron chi connectivity index (χ2n) is 3.72. The number of amides is 1. The van der Waals surface area contributed by atoms with Gasteiger partial charge in [0.2, 0.25) is 16.3 Å². The maximum Gasteiger partial charge on any atom is 0.247 e. The maximum atomic E-state index is 11.2. The molecule has 0 aromatic heterocycles. The molecule has 108 valence electrons. The van der Waals surface area contributed by atoms with Gasteiger partial charge >= 0.3 is 0 Å². The van der Waals surface area contributed by atoms with Gasteiger partial charge in [-0.2, -0.15) is 0 Å². The van der Waals surface area contributed by atoms with Crippen LogP contribution in [0.2, 0.25) is 0 Å². The zero-order chi connectivity index (χ0) is 14.9. The van der Waals surface area contributed by atoms with E-state index < -0.39 is 10.4 Å². The summed E-state index contributed by atoms with van der Waals surface area (Å²) in [4.78, 5) is 13.2. The van der Waals surface area contributed by atoms with Gasteiger partial charge in [-0.25, -0.2) is 8.42 Å². The highest BCUT2D eigenvalue weighted by atomic mass is 32.3. The van der Waals surface area contributed by atoms with Crippen LogP contribution in [-0.4, -0.2) is 51.1 Å². The van der Waals surface area contributed by atoms with Gasteiger partial charge in [-0.3, -0.25) is 13.9 Å². The molecule has 0 rings (SSSR count). The quantitative estimate of drug-likeness (QED) is 0.331. The Morgan fingerprint density at radius 2 is 1.89 bits per heavy atom. The third-order valence-corrected chi connectivity index (χ3v) is 2.31. The summed E-state index contributed by atoms with van der Waals surface area (Å²) in [5, 5.41) is 2.85. The maximum absolute atomic E-state index is 11.2. The Labute approximate surface area is 109 Å². The molecule has 0 bridgehead atoms. The van der Waals surface area contributed by atoms with Crippen molar-refractivity contribution in [3.63, 3.8) is 0 Å². The van der Waals surface area contributed by atoms with Gasteiger partial charge in [0, 0.05) is 5.57 Å². The molecule has 0 saturated heterocycles. The van der Waals surface area contributed by atoms with Crippen LogP contribution in [0.15, 0.2) is 12.2 Å². The molecule has 0 aromatic carbocycles. The number of carbonyl (C=O) groups excluding carboxylic acids is 1. The molecular weight excluding hydrogens is 260 g/mol. The van der Waals surface area contributed by atoms with E-state index in [0.29, 0.717) is 5.57 Å². The predicted molar refractivity (Wildman–Crippen MR) is 67.4 cm³/mol. The lowest BCUT2D eigenvalue weighted by molar-refractivity contribution is -0.119. The Balaban J connectivity index is 0. The van der Waals surface area contributed by atoms with Gasteiger partial charge in [-0.1, -0.05) is 13.5 Å². The standard InChI is InChI=1S/C9H18N2O.CH4O4S/c1-6-8(11(4)5)10-9(12)7(2)3;1-5-6(2,3)4/h8H,2,6H2,1,3-5H3,(H,10,12);1H3,(H,2,3,4)/p-1. The number of nitrogens with zero attached hydrogens (tertiary/aromatic N) is 1. The number of hydrogen-bond acceptors (Lipinski definition) is 6. The normalized spacial score (nSPS) is 12.4. The predicted octanol–water partition coefficient (Wildman–Crippen LogP) is 0.0694. The molecule has 0 saturated carbocycles. The lowest BCUT2D eigenvalue weighted by Gasteiger charge is -2.23. The van der Waals surface area contributed by atoms with Gasteiger partial charge in [0.1, 0.15) is 0 Å². The third-order valence-electron chi connectivity index (χ3n) is 1.90. The van der Waals surface area contributed by atoms with Crippen LogP contribution in [0.25, 0.3) is 0 Å². The first-order valence-electron chi connectivity index (χ1n) is 5.19. The number of nitrogens with one attached hydrogen (secondary N) is 1. The van der Waals surface area contributed by atoms with E-state index in [9.17, 15) is 17.8 Å². The minimum atomic E-state index is -4.41. The third kappa shape index (κ3) is 11.5. The van der Waals surface area contributed by atoms with E-state index in [1.54, 1.807) is 6.92 Å². The molecule has 0 aliphatic rings. The number of carbonyl (C=O) groups is 1. The fourth-order valence-electron chi connectivity index (χ4n) is 0.871. The van der Waals surface area contributed by atoms with E-state index in [-0.39, 0.29) is 12.1 Å². The Morgan fingerprint density at radius 3 is 2.06 bits per heavy atom. The molecule has 0 aliphatic heterocycles. The average Bonchev–Trinajstić information content (AvgIpc) is 2.24. The molecule has 0 heterocycles. The molecule has 0 aliphatic carbocycles. The number of rotatable bonds is 5. The lowest BCUT2D eigenvalue weighted by atomic mass is 10.3. The molecule has 0 aromatic rings. The first-order valence-corrected chi connectivity index (χ1v) is 6.52. The van der Waals surface area contributed by atoms with Gasteiger partial charge in [-0.05, 0) is 27.4 Å². The second-order valence-corrected chi connectivity index (χ2v) is 4.87. The average molecular weight is 281 g/mol. The van der Waals surface area contributed by atoms with E-state index >= 15 is 0 Å². The molecule has 8 heteroatoms. The highest BCUT2D eigenvalue weighted by molar-refractivity contribution is 7.80. The van der Waals surface area contributed by atoms with Gasteiger partial charge in [-0.15, -0.1) is 0 Å². The molecule has 1 N–H and O–H groups in total. The van der Waals surface area contributed by atoms with Gasteiger partial charge in [0.05, 0.1) is 13.3 Å². The minimum absolute atomic E-state index is 0.0736. The Hall–Kier alpha value is -0.960. The first kappa shape index (κ1) is 19.4. The zero-order valence-corrected chi connectivity index (χ0v) is 12.2. The van der Waals surface area contributed by atoms with Crippen molar-refractivity contribution in [1.29, 1.82) is 0 Å². The van der Waals surface area contributed by atoms with Crippen LogP contribution in [0.3, 0.4) is 0 Å². The highest BCUT2D eigenvalue weighted by Crippen LogP contribution is 1.96. The summed E-state index contributed by atoms with van der Waals surface area (Å²) in [5.74, 6) is -0.0736. The van der Waals surface area contributed by atoms with Crippen LogP contribution in [0.5, 0.6) is 0 Å². The summed E-state index contributed by atoms with van der Waals surface area (Å²) in [5.41, 5.74) is 0.551. The van der Waals surface area contributed by atoms with Crippen molar-refractivity contribution >= 4 is 16.3 Å². The van der Waals surface area contributed by atoms with Crippen LogP contribution in [0.4, 0.5) is 0 Å². The molecule has 1 atom stereocenters. The van der Waals surface area contributed by atoms with Crippen LogP contribution in [-0.2, 0) is 19.4 Å². The summed E-state index contributed by atoms with van der Waals surface area (Å²) in [6.07, 6.45) is 1.00. The summed E-state index contributed by atoms with van der Waals surface area (Å²) in [6, 6.07) is 0. The molecule has 1 unspecified atom stereocenters. The second kappa shape index (κ2) is 9.03.